The van der Waals surface area contributed by atoms with Gasteiger partial charge in [-0.3, -0.25) is 9.78 Å². The lowest BCUT2D eigenvalue weighted by Crippen LogP contribution is -2.33. The molecule has 0 spiro atoms. The summed E-state index contributed by atoms with van der Waals surface area (Å²) in [5.41, 5.74) is 4.38. The van der Waals surface area contributed by atoms with Gasteiger partial charge in [0, 0.05) is 42.7 Å². The van der Waals surface area contributed by atoms with E-state index in [-0.39, 0.29) is 31.2 Å². The van der Waals surface area contributed by atoms with Crippen molar-refractivity contribution in [1.29, 1.82) is 5.26 Å². The predicted molar refractivity (Wildman–Crippen MR) is 133 cm³/mol. The van der Waals surface area contributed by atoms with Crippen LogP contribution in [0.2, 0.25) is 0 Å². The third-order valence-corrected chi connectivity index (χ3v) is 5.73. The van der Waals surface area contributed by atoms with Gasteiger partial charge in [-0.2, -0.15) is 10.4 Å². The maximum Gasteiger partial charge on any atom is 0.273 e. The lowest BCUT2D eigenvalue weighted by atomic mass is 10.1. The molecule has 0 bridgehead atoms. The van der Waals surface area contributed by atoms with Gasteiger partial charge in [-0.15, -0.1) is 0 Å². The van der Waals surface area contributed by atoms with E-state index in [0.717, 1.165) is 11.1 Å². The van der Waals surface area contributed by atoms with Crippen molar-refractivity contribution in [2.45, 2.75) is 13.0 Å². The molecule has 2 aromatic carbocycles. The Labute approximate surface area is 207 Å². The molecule has 0 aliphatic rings. The highest BCUT2D eigenvalue weighted by molar-refractivity contribution is 5.94. The maximum atomic E-state index is 13.9. The second-order valence-electron chi connectivity index (χ2n) is 8.20. The normalized spacial score (nSPS) is 10.8. The van der Waals surface area contributed by atoms with Gasteiger partial charge in [-0.05, 0) is 42.0 Å². The van der Waals surface area contributed by atoms with E-state index >= 15 is 0 Å². The van der Waals surface area contributed by atoms with Crippen LogP contribution < -0.4 is 0 Å². The van der Waals surface area contributed by atoms with Crippen LogP contribution in [-0.4, -0.2) is 36.9 Å². The number of rotatable bonds is 7. The quantitative estimate of drug-likeness (QED) is 0.324. The molecule has 8 heteroatoms. The number of hydrogen-bond donors (Lipinski definition) is 0. The SMILES string of the molecule is N#CCCN(Cc1cccnc1)C(=O)c1cc(-c2ccc(F)cc2)nc2cc(-c3ccccc3)nn12. The minimum atomic E-state index is -0.356. The highest BCUT2D eigenvalue weighted by atomic mass is 19.1. The van der Waals surface area contributed by atoms with Crippen molar-refractivity contribution in [1.82, 2.24) is 24.5 Å². The molecule has 0 fully saturated rings. The summed E-state index contributed by atoms with van der Waals surface area (Å²) in [6.07, 6.45) is 3.54. The largest absolute Gasteiger partial charge is 0.332 e. The van der Waals surface area contributed by atoms with E-state index < -0.39 is 0 Å². The summed E-state index contributed by atoms with van der Waals surface area (Å²) in [6, 6.07) is 24.9. The third kappa shape index (κ3) is 4.81. The molecule has 176 valence electrons. The van der Waals surface area contributed by atoms with Gasteiger partial charge in [0.1, 0.15) is 11.5 Å². The van der Waals surface area contributed by atoms with Crippen LogP contribution >= 0.6 is 0 Å². The molecule has 0 saturated carbocycles. The Hall–Kier alpha value is -4.90. The van der Waals surface area contributed by atoms with E-state index in [0.29, 0.717) is 28.3 Å². The summed E-state index contributed by atoms with van der Waals surface area (Å²) in [5.74, 6) is -0.654. The number of benzene rings is 2. The molecular weight excluding hydrogens is 455 g/mol. The monoisotopic (exact) mass is 476 g/mol. The van der Waals surface area contributed by atoms with Crippen LogP contribution in [0.1, 0.15) is 22.5 Å². The Morgan fingerprint density at radius 3 is 2.47 bits per heavy atom. The highest BCUT2D eigenvalue weighted by Gasteiger charge is 2.22. The van der Waals surface area contributed by atoms with Crippen molar-refractivity contribution in [2.24, 2.45) is 0 Å². The molecule has 0 radical (unpaired) electrons. The standard InChI is InChI=1S/C28H21FN6O/c29-23-11-9-22(10-12-23)24-16-26(28(36)34(15-5-13-30)19-20-6-4-14-31-18-20)35-27(32-24)17-25(33-35)21-7-2-1-3-8-21/h1-4,6-12,14,16-18H,5,15,19H2. The maximum absolute atomic E-state index is 13.9. The van der Waals surface area contributed by atoms with Gasteiger partial charge in [0.15, 0.2) is 5.65 Å². The Morgan fingerprint density at radius 2 is 1.75 bits per heavy atom. The molecule has 5 rings (SSSR count). The second kappa shape index (κ2) is 10.2. The number of amides is 1. The zero-order chi connectivity index (χ0) is 24.9. The van der Waals surface area contributed by atoms with Crippen LogP contribution in [0.5, 0.6) is 0 Å². The number of nitrogens with zero attached hydrogens (tertiary/aromatic N) is 6. The summed E-state index contributed by atoms with van der Waals surface area (Å²) >= 11 is 0. The van der Waals surface area contributed by atoms with Crippen LogP contribution in [0.25, 0.3) is 28.2 Å². The van der Waals surface area contributed by atoms with Crippen LogP contribution in [-0.2, 0) is 6.54 Å². The Kier molecular flexibility index (Phi) is 6.45. The first-order valence-electron chi connectivity index (χ1n) is 11.4. The van der Waals surface area contributed by atoms with Crippen molar-refractivity contribution < 1.29 is 9.18 Å². The van der Waals surface area contributed by atoms with E-state index in [1.165, 1.54) is 16.6 Å². The minimum absolute atomic E-state index is 0.180. The molecule has 5 aromatic rings. The molecule has 0 atom stereocenters. The molecular formula is C28H21FN6O. The fourth-order valence-corrected chi connectivity index (χ4v) is 3.96. The van der Waals surface area contributed by atoms with Gasteiger partial charge in [-0.25, -0.2) is 13.9 Å². The fourth-order valence-electron chi connectivity index (χ4n) is 3.96. The Bertz CT molecular complexity index is 1540. The summed E-state index contributed by atoms with van der Waals surface area (Å²) in [5, 5.41) is 13.9. The van der Waals surface area contributed by atoms with Gasteiger partial charge < -0.3 is 4.90 Å². The average Bonchev–Trinajstić information content (AvgIpc) is 3.36. The molecule has 36 heavy (non-hydrogen) atoms. The second-order valence-corrected chi connectivity index (χ2v) is 8.20. The zero-order valence-corrected chi connectivity index (χ0v) is 19.3. The smallest absolute Gasteiger partial charge is 0.273 e. The van der Waals surface area contributed by atoms with Crippen LogP contribution in [0.15, 0.2) is 91.3 Å². The van der Waals surface area contributed by atoms with Gasteiger partial charge in [0.2, 0.25) is 0 Å². The van der Waals surface area contributed by atoms with E-state index in [1.54, 1.807) is 41.6 Å². The van der Waals surface area contributed by atoms with E-state index in [1.807, 2.05) is 42.5 Å². The molecule has 3 heterocycles. The summed E-state index contributed by atoms with van der Waals surface area (Å²) in [6.45, 7) is 0.531. The number of carbonyl (C=O) groups excluding carboxylic acids is 1. The van der Waals surface area contributed by atoms with Crippen LogP contribution in [0.4, 0.5) is 4.39 Å². The van der Waals surface area contributed by atoms with Crippen molar-refractivity contribution in [3.63, 3.8) is 0 Å². The predicted octanol–water partition coefficient (Wildman–Crippen LogP) is 5.15. The summed E-state index contributed by atoms with van der Waals surface area (Å²) in [4.78, 5) is 24.4. The van der Waals surface area contributed by atoms with Gasteiger partial charge >= 0.3 is 0 Å². The molecule has 0 unspecified atom stereocenters. The minimum Gasteiger partial charge on any atom is -0.332 e. The van der Waals surface area contributed by atoms with Crippen molar-refractivity contribution >= 4 is 11.6 Å². The van der Waals surface area contributed by atoms with Crippen LogP contribution in [0, 0.1) is 17.1 Å². The first-order valence-corrected chi connectivity index (χ1v) is 11.4. The average molecular weight is 477 g/mol. The zero-order valence-electron chi connectivity index (χ0n) is 19.3. The summed E-state index contributed by atoms with van der Waals surface area (Å²) < 4.78 is 15.1. The number of nitriles is 1. The lowest BCUT2D eigenvalue weighted by Gasteiger charge is -2.22. The number of carbonyl (C=O) groups is 1. The van der Waals surface area contributed by atoms with Gasteiger partial charge in [0.05, 0.1) is 23.9 Å². The molecule has 3 aromatic heterocycles. The number of halogens is 1. The number of fused-ring (bicyclic) bond motifs is 1. The molecule has 0 N–H and O–H groups in total. The Morgan fingerprint density at radius 1 is 0.972 bits per heavy atom. The van der Waals surface area contributed by atoms with Crippen molar-refractivity contribution in [2.75, 3.05) is 6.54 Å². The van der Waals surface area contributed by atoms with Gasteiger partial charge in [-0.1, -0.05) is 36.4 Å². The van der Waals surface area contributed by atoms with Crippen LogP contribution in [0.3, 0.4) is 0 Å². The highest BCUT2D eigenvalue weighted by Crippen LogP contribution is 2.25. The first-order chi connectivity index (χ1) is 17.6. The Balaban J connectivity index is 1.64. The molecule has 0 aliphatic heterocycles. The first kappa shape index (κ1) is 22.9. The topological polar surface area (TPSA) is 87.2 Å². The fraction of sp³-hybridized carbons (Fsp3) is 0.107. The van der Waals surface area contributed by atoms with E-state index in [9.17, 15) is 14.4 Å². The summed E-state index contributed by atoms with van der Waals surface area (Å²) in [7, 11) is 0. The van der Waals surface area contributed by atoms with Gasteiger partial charge in [0.25, 0.3) is 5.91 Å². The lowest BCUT2D eigenvalue weighted by molar-refractivity contribution is 0.0738. The molecule has 0 saturated heterocycles. The van der Waals surface area contributed by atoms with Crippen molar-refractivity contribution in [3.05, 3.63) is 108 Å². The van der Waals surface area contributed by atoms with E-state index in [2.05, 4.69) is 11.1 Å². The van der Waals surface area contributed by atoms with E-state index in [4.69, 9.17) is 10.1 Å². The number of aromatic nitrogens is 4. The molecule has 7 nitrogen and oxygen atoms in total. The number of hydrogen-bond acceptors (Lipinski definition) is 5. The third-order valence-electron chi connectivity index (χ3n) is 5.73. The molecule has 1 amide bonds. The van der Waals surface area contributed by atoms with Crippen molar-refractivity contribution in [3.8, 4) is 28.6 Å². The number of pyridine rings is 1. The molecule has 0 aliphatic carbocycles.